The number of thiophene rings is 1. The summed E-state index contributed by atoms with van der Waals surface area (Å²) >= 11 is 1.86. The maximum absolute atomic E-state index is 10.3. The normalized spacial score (nSPS) is 26.6. The molecule has 144 valence electrons. The zero-order valence-electron chi connectivity index (χ0n) is 15.8. The van der Waals surface area contributed by atoms with Crippen molar-refractivity contribution in [3.05, 3.63) is 35.0 Å². The van der Waals surface area contributed by atoms with Gasteiger partial charge >= 0.3 is 0 Å². The molecular formula is C22H24N4OS. The smallest absolute Gasteiger partial charge is 0.164 e. The second-order valence-electron chi connectivity index (χ2n) is 8.42. The number of hydrogen-bond acceptors (Lipinski definition) is 6. The summed E-state index contributed by atoms with van der Waals surface area (Å²) in [6.45, 7) is 0. The molecule has 3 aliphatic rings. The van der Waals surface area contributed by atoms with Crippen LogP contribution in [0, 0.1) is 0 Å². The summed E-state index contributed by atoms with van der Waals surface area (Å²) in [4.78, 5) is 19.6. The van der Waals surface area contributed by atoms with Gasteiger partial charge in [-0.2, -0.15) is 0 Å². The first kappa shape index (κ1) is 16.9. The molecule has 2 atom stereocenters. The Morgan fingerprint density at radius 2 is 1.89 bits per heavy atom. The van der Waals surface area contributed by atoms with Crippen molar-refractivity contribution in [3.8, 4) is 11.4 Å². The van der Waals surface area contributed by atoms with Gasteiger partial charge in [0.15, 0.2) is 5.82 Å². The maximum atomic E-state index is 10.3. The lowest BCUT2D eigenvalue weighted by Crippen LogP contribution is -2.45. The predicted octanol–water partition coefficient (Wildman–Crippen LogP) is 4.12. The van der Waals surface area contributed by atoms with Gasteiger partial charge < -0.3 is 10.0 Å². The molecule has 28 heavy (non-hydrogen) atoms. The standard InChI is InChI=1S/C22H24N4OS/c27-16-10-14-7-8-15(11-16)26(14)21-19-17-5-1-2-6-18(17)28-22(19)25-20(24-21)13-4-3-9-23-12-13/h3-4,9,12,14-16,27H,1-2,5-8,10-11H2. The first-order valence-corrected chi connectivity index (χ1v) is 11.3. The van der Waals surface area contributed by atoms with Crippen LogP contribution in [-0.4, -0.2) is 38.2 Å². The van der Waals surface area contributed by atoms with Gasteiger partial charge in [-0.1, -0.05) is 0 Å². The van der Waals surface area contributed by atoms with Gasteiger partial charge in [-0.3, -0.25) is 4.98 Å². The predicted molar refractivity (Wildman–Crippen MR) is 112 cm³/mol. The zero-order valence-corrected chi connectivity index (χ0v) is 16.7. The lowest BCUT2D eigenvalue weighted by molar-refractivity contribution is 0.126. The molecule has 6 rings (SSSR count). The highest BCUT2D eigenvalue weighted by atomic mass is 32.1. The van der Waals surface area contributed by atoms with Crippen LogP contribution in [0.4, 0.5) is 5.82 Å². The monoisotopic (exact) mass is 392 g/mol. The van der Waals surface area contributed by atoms with E-state index in [2.05, 4.69) is 9.88 Å². The van der Waals surface area contributed by atoms with Gasteiger partial charge in [0.25, 0.3) is 0 Å². The lowest BCUT2D eigenvalue weighted by Gasteiger charge is -2.38. The number of aliphatic hydroxyl groups excluding tert-OH is 1. The fourth-order valence-corrected chi connectivity index (χ4v) is 6.70. The van der Waals surface area contributed by atoms with Crippen molar-refractivity contribution in [2.75, 3.05) is 4.90 Å². The van der Waals surface area contributed by atoms with Crippen LogP contribution in [0.2, 0.25) is 0 Å². The number of aliphatic hydroxyl groups is 1. The van der Waals surface area contributed by atoms with Gasteiger partial charge in [-0.05, 0) is 69.1 Å². The molecule has 0 saturated carbocycles. The summed E-state index contributed by atoms with van der Waals surface area (Å²) in [5.74, 6) is 1.89. The maximum Gasteiger partial charge on any atom is 0.164 e. The molecule has 6 heteroatoms. The fourth-order valence-electron chi connectivity index (χ4n) is 5.44. The molecule has 1 N–H and O–H groups in total. The van der Waals surface area contributed by atoms with E-state index in [0.717, 1.165) is 54.1 Å². The minimum Gasteiger partial charge on any atom is -0.393 e. The molecule has 2 fully saturated rings. The van der Waals surface area contributed by atoms with E-state index in [4.69, 9.17) is 9.97 Å². The summed E-state index contributed by atoms with van der Waals surface area (Å²) in [5, 5.41) is 11.6. The topological polar surface area (TPSA) is 62.1 Å². The summed E-state index contributed by atoms with van der Waals surface area (Å²) in [6, 6.07) is 4.78. The Labute approximate surface area is 168 Å². The minimum atomic E-state index is -0.166. The van der Waals surface area contributed by atoms with Gasteiger partial charge in [0, 0.05) is 34.9 Å². The van der Waals surface area contributed by atoms with Crippen LogP contribution in [-0.2, 0) is 12.8 Å². The Morgan fingerprint density at radius 1 is 1.07 bits per heavy atom. The van der Waals surface area contributed by atoms with Crippen LogP contribution >= 0.6 is 11.3 Å². The van der Waals surface area contributed by atoms with Crippen molar-refractivity contribution in [2.45, 2.75) is 69.6 Å². The number of anilines is 1. The highest BCUT2D eigenvalue weighted by Gasteiger charge is 2.42. The van der Waals surface area contributed by atoms with Crippen LogP contribution in [0.1, 0.15) is 49.0 Å². The molecule has 5 heterocycles. The van der Waals surface area contributed by atoms with Crippen molar-refractivity contribution >= 4 is 27.4 Å². The molecule has 3 aromatic rings. The van der Waals surface area contributed by atoms with E-state index < -0.39 is 0 Å². The number of nitrogens with zero attached hydrogens (tertiary/aromatic N) is 4. The summed E-state index contributed by atoms with van der Waals surface area (Å²) in [6.07, 6.45) is 12.4. The van der Waals surface area contributed by atoms with Crippen LogP contribution in [0.15, 0.2) is 24.5 Å². The molecule has 3 aromatic heterocycles. The van der Waals surface area contributed by atoms with E-state index in [1.165, 1.54) is 35.1 Å². The molecule has 0 radical (unpaired) electrons. The van der Waals surface area contributed by atoms with E-state index in [0.29, 0.717) is 12.1 Å². The Morgan fingerprint density at radius 3 is 2.68 bits per heavy atom. The van der Waals surface area contributed by atoms with Crippen molar-refractivity contribution in [3.63, 3.8) is 0 Å². The number of aromatic nitrogens is 3. The summed E-state index contributed by atoms with van der Waals surface area (Å²) in [7, 11) is 0. The molecule has 0 aromatic carbocycles. The molecule has 5 nitrogen and oxygen atoms in total. The summed E-state index contributed by atoms with van der Waals surface area (Å²) in [5.41, 5.74) is 2.46. The van der Waals surface area contributed by atoms with E-state index in [9.17, 15) is 5.11 Å². The van der Waals surface area contributed by atoms with Crippen LogP contribution in [0.3, 0.4) is 0 Å². The third-order valence-electron chi connectivity index (χ3n) is 6.67. The third kappa shape index (κ3) is 2.58. The van der Waals surface area contributed by atoms with Crippen molar-refractivity contribution in [2.24, 2.45) is 0 Å². The van der Waals surface area contributed by atoms with Gasteiger partial charge in [0.2, 0.25) is 0 Å². The van der Waals surface area contributed by atoms with Crippen molar-refractivity contribution < 1.29 is 5.11 Å². The molecule has 0 spiro atoms. The van der Waals surface area contributed by atoms with Gasteiger partial charge in [-0.15, -0.1) is 11.3 Å². The average Bonchev–Trinajstić information content (AvgIpc) is 3.23. The molecule has 2 bridgehead atoms. The highest BCUT2D eigenvalue weighted by molar-refractivity contribution is 7.19. The Hall–Kier alpha value is -2.05. The number of hydrogen-bond donors (Lipinski definition) is 1. The largest absolute Gasteiger partial charge is 0.393 e. The Balaban J connectivity index is 1.58. The van der Waals surface area contributed by atoms with E-state index in [1.54, 1.807) is 6.20 Å². The van der Waals surface area contributed by atoms with Gasteiger partial charge in [0.05, 0.1) is 11.5 Å². The second kappa shape index (κ2) is 6.49. The SMILES string of the molecule is OC1CC2CCC(C1)N2c1nc(-c2cccnc2)nc2sc3c(c12)CCCC3. The number of piperidine rings is 1. The number of fused-ring (bicyclic) bond motifs is 5. The molecule has 2 saturated heterocycles. The van der Waals surface area contributed by atoms with Crippen LogP contribution in [0.25, 0.3) is 21.6 Å². The summed E-state index contributed by atoms with van der Waals surface area (Å²) < 4.78 is 0. The second-order valence-corrected chi connectivity index (χ2v) is 9.50. The van der Waals surface area contributed by atoms with Gasteiger partial charge in [0.1, 0.15) is 10.6 Å². The van der Waals surface area contributed by atoms with Gasteiger partial charge in [-0.25, -0.2) is 9.97 Å². The number of pyridine rings is 1. The Bertz CT molecular complexity index is 1020. The fraction of sp³-hybridized carbons (Fsp3) is 0.500. The van der Waals surface area contributed by atoms with E-state index in [-0.39, 0.29) is 6.10 Å². The number of aryl methyl sites for hydroxylation is 2. The quantitative estimate of drug-likeness (QED) is 0.711. The van der Waals surface area contributed by atoms with E-state index >= 15 is 0 Å². The van der Waals surface area contributed by atoms with E-state index in [1.807, 2.05) is 29.7 Å². The first-order chi connectivity index (χ1) is 13.8. The Kier molecular flexibility index (Phi) is 3.91. The molecular weight excluding hydrogens is 368 g/mol. The molecule has 1 aliphatic carbocycles. The van der Waals surface area contributed by atoms with Crippen molar-refractivity contribution in [1.29, 1.82) is 0 Å². The lowest BCUT2D eigenvalue weighted by atomic mass is 9.95. The minimum absolute atomic E-state index is 0.166. The van der Waals surface area contributed by atoms with Crippen LogP contribution < -0.4 is 4.90 Å². The third-order valence-corrected chi connectivity index (χ3v) is 7.85. The van der Waals surface area contributed by atoms with Crippen LogP contribution in [0.5, 0.6) is 0 Å². The molecule has 2 unspecified atom stereocenters. The van der Waals surface area contributed by atoms with Crippen molar-refractivity contribution in [1.82, 2.24) is 15.0 Å². The average molecular weight is 393 g/mol. The first-order valence-electron chi connectivity index (χ1n) is 10.5. The molecule has 0 amide bonds. The number of rotatable bonds is 2. The zero-order chi connectivity index (χ0) is 18.7. The molecule has 2 aliphatic heterocycles. The highest BCUT2D eigenvalue weighted by Crippen LogP contribution is 2.46.